The van der Waals surface area contributed by atoms with Crippen LogP contribution in [0.25, 0.3) is 0 Å². The summed E-state index contributed by atoms with van der Waals surface area (Å²) in [6.07, 6.45) is 2.32. The van der Waals surface area contributed by atoms with E-state index in [2.05, 4.69) is 21.4 Å². The third-order valence-corrected chi connectivity index (χ3v) is 2.89. The predicted molar refractivity (Wildman–Crippen MR) is 68.4 cm³/mol. The SMILES string of the molecule is N#Cc1cc(C2CC2)nc(Nc2ccccc2)n1. The van der Waals surface area contributed by atoms with Gasteiger partial charge in [0.05, 0.1) is 5.69 Å². The molecule has 0 spiro atoms. The van der Waals surface area contributed by atoms with Crippen molar-refractivity contribution in [3.63, 3.8) is 0 Å². The molecule has 1 fully saturated rings. The number of anilines is 2. The Morgan fingerprint density at radius 2 is 1.94 bits per heavy atom. The second-order valence-electron chi connectivity index (χ2n) is 4.38. The molecular formula is C14H12N4. The summed E-state index contributed by atoms with van der Waals surface area (Å²) in [6, 6.07) is 13.6. The molecule has 0 saturated heterocycles. The van der Waals surface area contributed by atoms with E-state index in [0.29, 0.717) is 17.6 Å². The van der Waals surface area contributed by atoms with Crippen LogP contribution in [-0.4, -0.2) is 9.97 Å². The van der Waals surface area contributed by atoms with E-state index in [-0.39, 0.29) is 0 Å². The molecule has 0 amide bonds. The number of hydrogen-bond acceptors (Lipinski definition) is 4. The molecule has 0 radical (unpaired) electrons. The van der Waals surface area contributed by atoms with Gasteiger partial charge < -0.3 is 5.32 Å². The van der Waals surface area contributed by atoms with Crippen LogP contribution in [-0.2, 0) is 0 Å². The van der Waals surface area contributed by atoms with Crippen LogP contribution < -0.4 is 5.32 Å². The molecule has 1 N–H and O–H groups in total. The van der Waals surface area contributed by atoms with Crippen molar-refractivity contribution in [2.24, 2.45) is 0 Å². The van der Waals surface area contributed by atoms with E-state index >= 15 is 0 Å². The van der Waals surface area contributed by atoms with E-state index in [9.17, 15) is 0 Å². The quantitative estimate of drug-likeness (QED) is 0.889. The molecule has 3 rings (SSSR count). The Morgan fingerprint density at radius 1 is 1.17 bits per heavy atom. The number of aromatic nitrogens is 2. The van der Waals surface area contributed by atoms with Crippen LogP contribution >= 0.6 is 0 Å². The smallest absolute Gasteiger partial charge is 0.228 e. The zero-order valence-electron chi connectivity index (χ0n) is 9.80. The molecule has 1 aromatic carbocycles. The fraction of sp³-hybridized carbons (Fsp3) is 0.214. The number of benzene rings is 1. The van der Waals surface area contributed by atoms with Crippen LogP contribution in [0.4, 0.5) is 11.6 Å². The molecule has 1 heterocycles. The van der Waals surface area contributed by atoms with Crippen molar-refractivity contribution in [1.29, 1.82) is 5.26 Å². The first-order valence-corrected chi connectivity index (χ1v) is 5.96. The molecule has 1 aliphatic rings. The summed E-state index contributed by atoms with van der Waals surface area (Å²) in [4.78, 5) is 8.64. The Balaban J connectivity index is 1.91. The van der Waals surface area contributed by atoms with Gasteiger partial charge in [0.15, 0.2) is 0 Å². The van der Waals surface area contributed by atoms with Gasteiger partial charge in [-0.1, -0.05) is 18.2 Å². The second kappa shape index (κ2) is 4.46. The van der Waals surface area contributed by atoms with Crippen LogP contribution in [0, 0.1) is 11.3 Å². The molecule has 1 aromatic heterocycles. The summed E-state index contributed by atoms with van der Waals surface area (Å²) >= 11 is 0. The highest BCUT2D eigenvalue weighted by atomic mass is 15.1. The second-order valence-corrected chi connectivity index (χ2v) is 4.38. The highest BCUT2D eigenvalue weighted by Crippen LogP contribution is 2.39. The third kappa shape index (κ3) is 2.30. The lowest BCUT2D eigenvalue weighted by molar-refractivity contribution is 0.985. The van der Waals surface area contributed by atoms with Crippen LogP contribution in [0.1, 0.15) is 30.1 Å². The maximum atomic E-state index is 8.99. The first-order valence-electron chi connectivity index (χ1n) is 5.96. The summed E-state index contributed by atoms with van der Waals surface area (Å²) in [7, 11) is 0. The minimum absolute atomic E-state index is 0.422. The van der Waals surface area contributed by atoms with Gasteiger partial charge in [0.25, 0.3) is 0 Å². The fourth-order valence-corrected chi connectivity index (χ4v) is 1.82. The van der Waals surface area contributed by atoms with E-state index in [1.165, 1.54) is 0 Å². The minimum atomic E-state index is 0.422. The van der Waals surface area contributed by atoms with Crippen LogP contribution in [0.2, 0.25) is 0 Å². The molecule has 88 valence electrons. The lowest BCUT2D eigenvalue weighted by Crippen LogP contribution is -2.01. The lowest BCUT2D eigenvalue weighted by Gasteiger charge is -2.06. The van der Waals surface area contributed by atoms with Crippen molar-refractivity contribution in [2.75, 3.05) is 5.32 Å². The number of hydrogen-bond donors (Lipinski definition) is 1. The van der Waals surface area contributed by atoms with Crippen LogP contribution in [0.3, 0.4) is 0 Å². The molecule has 0 atom stereocenters. The van der Waals surface area contributed by atoms with Gasteiger partial charge in [-0.15, -0.1) is 0 Å². The van der Waals surface area contributed by atoms with E-state index in [1.54, 1.807) is 6.07 Å². The summed E-state index contributed by atoms with van der Waals surface area (Å²) in [5.41, 5.74) is 2.32. The number of nitrogens with zero attached hydrogens (tertiary/aromatic N) is 3. The Bertz CT molecular complexity index is 597. The first kappa shape index (κ1) is 10.7. The first-order chi connectivity index (χ1) is 8.85. The normalized spacial score (nSPS) is 13.9. The largest absolute Gasteiger partial charge is 0.324 e. The summed E-state index contributed by atoms with van der Waals surface area (Å²) < 4.78 is 0. The Labute approximate surface area is 105 Å². The molecule has 1 saturated carbocycles. The molecule has 0 aliphatic heterocycles. The number of rotatable bonds is 3. The summed E-state index contributed by atoms with van der Waals surface area (Å²) in [5.74, 6) is 1.01. The minimum Gasteiger partial charge on any atom is -0.324 e. The maximum Gasteiger partial charge on any atom is 0.228 e. The molecule has 4 nitrogen and oxygen atoms in total. The van der Waals surface area contributed by atoms with E-state index in [1.807, 2.05) is 30.3 Å². The Hall–Kier alpha value is -2.41. The standard InChI is InChI=1S/C14H12N4/c15-9-12-8-13(10-6-7-10)18-14(17-12)16-11-4-2-1-3-5-11/h1-5,8,10H,6-7H2,(H,16,17,18). The average molecular weight is 236 g/mol. The lowest BCUT2D eigenvalue weighted by atomic mass is 10.2. The van der Waals surface area contributed by atoms with Gasteiger partial charge in [0.2, 0.25) is 5.95 Å². The van der Waals surface area contributed by atoms with Crippen molar-refractivity contribution in [3.8, 4) is 6.07 Å². The van der Waals surface area contributed by atoms with E-state index in [0.717, 1.165) is 24.2 Å². The van der Waals surface area contributed by atoms with Gasteiger partial charge in [-0.2, -0.15) is 5.26 Å². The number of para-hydroxylation sites is 1. The van der Waals surface area contributed by atoms with Crippen molar-refractivity contribution >= 4 is 11.6 Å². The van der Waals surface area contributed by atoms with Gasteiger partial charge in [-0.25, -0.2) is 9.97 Å². The highest BCUT2D eigenvalue weighted by Gasteiger charge is 2.26. The zero-order chi connectivity index (χ0) is 12.4. The fourth-order valence-electron chi connectivity index (χ4n) is 1.82. The Morgan fingerprint density at radius 3 is 2.61 bits per heavy atom. The number of nitriles is 1. The van der Waals surface area contributed by atoms with Crippen molar-refractivity contribution in [3.05, 3.63) is 47.8 Å². The molecule has 0 bridgehead atoms. The van der Waals surface area contributed by atoms with Crippen molar-refractivity contribution < 1.29 is 0 Å². The molecule has 2 aromatic rings. The third-order valence-electron chi connectivity index (χ3n) is 2.89. The predicted octanol–water partition coefficient (Wildman–Crippen LogP) is 2.97. The molecular weight excluding hydrogens is 224 g/mol. The van der Waals surface area contributed by atoms with E-state index in [4.69, 9.17) is 5.26 Å². The molecule has 0 unspecified atom stereocenters. The van der Waals surface area contributed by atoms with Crippen LogP contribution in [0.5, 0.6) is 0 Å². The van der Waals surface area contributed by atoms with Gasteiger partial charge in [-0.05, 0) is 31.0 Å². The Kier molecular flexibility index (Phi) is 2.66. The van der Waals surface area contributed by atoms with Gasteiger partial charge >= 0.3 is 0 Å². The topological polar surface area (TPSA) is 61.6 Å². The summed E-state index contributed by atoms with van der Waals surface area (Å²) in [6.45, 7) is 0. The van der Waals surface area contributed by atoms with Crippen molar-refractivity contribution in [1.82, 2.24) is 9.97 Å². The molecule has 4 heteroatoms. The van der Waals surface area contributed by atoms with Crippen LogP contribution in [0.15, 0.2) is 36.4 Å². The number of nitrogens with one attached hydrogen (secondary N) is 1. The highest BCUT2D eigenvalue weighted by molar-refractivity contribution is 5.53. The van der Waals surface area contributed by atoms with Gasteiger partial charge in [-0.3, -0.25) is 0 Å². The van der Waals surface area contributed by atoms with Crippen molar-refractivity contribution in [2.45, 2.75) is 18.8 Å². The molecule has 18 heavy (non-hydrogen) atoms. The van der Waals surface area contributed by atoms with E-state index < -0.39 is 0 Å². The van der Waals surface area contributed by atoms with Gasteiger partial charge in [0, 0.05) is 11.6 Å². The maximum absolute atomic E-state index is 8.99. The summed E-state index contributed by atoms with van der Waals surface area (Å²) in [5, 5.41) is 12.1. The van der Waals surface area contributed by atoms with Gasteiger partial charge in [0.1, 0.15) is 11.8 Å². The zero-order valence-corrected chi connectivity index (χ0v) is 9.80. The molecule has 1 aliphatic carbocycles. The average Bonchev–Trinajstić information content (AvgIpc) is 3.24. The monoisotopic (exact) mass is 236 g/mol.